The molecule has 0 bridgehead atoms. The molecule has 0 spiro atoms. The number of rotatable bonds is 5. The van der Waals surface area contributed by atoms with Crippen LogP contribution in [0.2, 0.25) is 10.0 Å². The zero-order valence-corrected chi connectivity index (χ0v) is 12.5. The smallest absolute Gasteiger partial charge is 0.153 e. The molecule has 0 fully saturated rings. The molecule has 0 atom stereocenters. The fourth-order valence-electron chi connectivity index (χ4n) is 1.85. The van der Waals surface area contributed by atoms with Crippen LogP contribution >= 0.6 is 23.2 Å². The van der Waals surface area contributed by atoms with Gasteiger partial charge in [-0.05, 0) is 29.7 Å². The van der Waals surface area contributed by atoms with E-state index in [4.69, 9.17) is 27.9 Å². The quantitative estimate of drug-likeness (QED) is 0.731. The highest BCUT2D eigenvalue weighted by molar-refractivity contribution is 6.36. The Hall–Kier alpha value is -1.51. The van der Waals surface area contributed by atoms with E-state index in [-0.39, 0.29) is 0 Å². The van der Waals surface area contributed by atoms with E-state index < -0.39 is 0 Å². The van der Waals surface area contributed by atoms with E-state index >= 15 is 0 Å². The number of hydrogen-bond donors (Lipinski definition) is 0. The van der Waals surface area contributed by atoms with E-state index in [1.54, 1.807) is 6.07 Å². The summed E-state index contributed by atoms with van der Waals surface area (Å²) < 4.78 is 5.65. The van der Waals surface area contributed by atoms with Crippen LogP contribution in [0, 0.1) is 0 Å². The SMILES string of the molecule is CCc1ccc(COc2c(Cl)cc(Cl)cc2C=O)cc1. The molecule has 0 N–H and O–H groups in total. The lowest BCUT2D eigenvalue weighted by Gasteiger charge is -2.11. The lowest BCUT2D eigenvalue weighted by atomic mass is 10.1. The summed E-state index contributed by atoms with van der Waals surface area (Å²) in [5.74, 6) is 0.366. The Balaban J connectivity index is 2.15. The highest BCUT2D eigenvalue weighted by Gasteiger charge is 2.10. The van der Waals surface area contributed by atoms with Crippen LogP contribution in [0.5, 0.6) is 5.75 Å². The van der Waals surface area contributed by atoms with Gasteiger partial charge in [0, 0.05) is 5.02 Å². The molecule has 0 heterocycles. The summed E-state index contributed by atoms with van der Waals surface area (Å²) in [6, 6.07) is 11.2. The summed E-state index contributed by atoms with van der Waals surface area (Å²) in [7, 11) is 0. The van der Waals surface area contributed by atoms with Crippen LogP contribution in [-0.2, 0) is 13.0 Å². The Morgan fingerprint density at radius 1 is 1.10 bits per heavy atom. The molecule has 2 aromatic rings. The van der Waals surface area contributed by atoms with Crippen LogP contribution in [0.4, 0.5) is 0 Å². The Labute approximate surface area is 128 Å². The van der Waals surface area contributed by atoms with Crippen molar-refractivity contribution in [1.82, 2.24) is 0 Å². The van der Waals surface area contributed by atoms with Gasteiger partial charge in [0.05, 0.1) is 10.6 Å². The number of halogens is 2. The average Bonchev–Trinajstić information content (AvgIpc) is 2.46. The second kappa shape index (κ2) is 6.78. The number of aldehydes is 1. The van der Waals surface area contributed by atoms with Gasteiger partial charge in [-0.1, -0.05) is 54.4 Å². The normalized spacial score (nSPS) is 10.3. The summed E-state index contributed by atoms with van der Waals surface area (Å²) in [6.07, 6.45) is 1.69. The Morgan fingerprint density at radius 2 is 1.75 bits per heavy atom. The number of hydrogen-bond acceptors (Lipinski definition) is 2. The molecule has 2 aromatic carbocycles. The van der Waals surface area contributed by atoms with E-state index in [0.717, 1.165) is 12.0 Å². The number of aryl methyl sites for hydroxylation is 1. The van der Waals surface area contributed by atoms with Crippen molar-refractivity contribution < 1.29 is 9.53 Å². The molecule has 0 aliphatic carbocycles. The zero-order chi connectivity index (χ0) is 14.5. The molecule has 2 rings (SSSR count). The number of carbonyl (C=O) groups is 1. The third-order valence-electron chi connectivity index (χ3n) is 2.98. The van der Waals surface area contributed by atoms with Gasteiger partial charge in [0.1, 0.15) is 12.4 Å². The summed E-state index contributed by atoms with van der Waals surface area (Å²) >= 11 is 11.9. The number of benzene rings is 2. The first-order valence-corrected chi connectivity index (χ1v) is 7.04. The van der Waals surface area contributed by atoms with Crippen molar-refractivity contribution in [3.05, 3.63) is 63.1 Å². The Bertz CT molecular complexity index is 607. The Kier molecular flexibility index (Phi) is 5.05. The predicted octanol–water partition coefficient (Wildman–Crippen LogP) is 4.95. The Morgan fingerprint density at radius 3 is 2.35 bits per heavy atom. The topological polar surface area (TPSA) is 26.3 Å². The van der Waals surface area contributed by atoms with E-state index in [0.29, 0.717) is 34.3 Å². The van der Waals surface area contributed by atoms with Crippen LogP contribution in [0.15, 0.2) is 36.4 Å². The van der Waals surface area contributed by atoms with Gasteiger partial charge in [0.25, 0.3) is 0 Å². The molecule has 0 saturated carbocycles. The van der Waals surface area contributed by atoms with Gasteiger partial charge in [0.2, 0.25) is 0 Å². The van der Waals surface area contributed by atoms with Gasteiger partial charge in [-0.2, -0.15) is 0 Å². The molecule has 0 amide bonds. The lowest BCUT2D eigenvalue weighted by molar-refractivity contribution is 0.111. The molecule has 20 heavy (non-hydrogen) atoms. The van der Waals surface area contributed by atoms with Crippen molar-refractivity contribution in [1.29, 1.82) is 0 Å². The minimum atomic E-state index is 0.338. The van der Waals surface area contributed by atoms with E-state index in [2.05, 4.69) is 19.1 Å². The highest BCUT2D eigenvalue weighted by atomic mass is 35.5. The fourth-order valence-corrected chi connectivity index (χ4v) is 2.41. The maximum atomic E-state index is 11.0. The second-order valence-electron chi connectivity index (χ2n) is 4.38. The monoisotopic (exact) mass is 308 g/mol. The third-order valence-corrected chi connectivity index (χ3v) is 3.48. The molecular weight excluding hydrogens is 295 g/mol. The maximum absolute atomic E-state index is 11.0. The highest BCUT2D eigenvalue weighted by Crippen LogP contribution is 2.32. The number of ether oxygens (including phenoxy) is 1. The maximum Gasteiger partial charge on any atom is 0.153 e. The molecule has 0 radical (unpaired) electrons. The van der Waals surface area contributed by atoms with Crippen molar-refractivity contribution in [2.45, 2.75) is 20.0 Å². The standard InChI is InChI=1S/C16H14Cl2O2/c1-2-11-3-5-12(6-4-11)10-20-16-13(9-19)7-14(17)8-15(16)18/h3-9H,2,10H2,1H3. The van der Waals surface area contributed by atoms with Crippen molar-refractivity contribution in [3.8, 4) is 5.75 Å². The van der Waals surface area contributed by atoms with E-state index in [9.17, 15) is 4.79 Å². The van der Waals surface area contributed by atoms with Crippen LogP contribution in [0.25, 0.3) is 0 Å². The van der Waals surface area contributed by atoms with Crippen LogP contribution in [-0.4, -0.2) is 6.29 Å². The summed E-state index contributed by atoms with van der Waals surface area (Å²) in [5.41, 5.74) is 2.64. The second-order valence-corrected chi connectivity index (χ2v) is 5.23. The molecule has 0 aliphatic heterocycles. The van der Waals surface area contributed by atoms with Crippen LogP contribution < -0.4 is 4.74 Å². The average molecular weight is 309 g/mol. The van der Waals surface area contributed by atoms with Gasteiger partial charge in [-0.3, -0.25) is 4.79 Å². The van der Waals surface area contributed by atoms with Crippen molar-refractivity contribution in [2.75, 3.05) is 0 Å². The molecule has 0 unspecified atom stereocenters. The molecule has 2 nitrogen and oxygen atoms in total. The van der Waals surface area contributed by atoms with Crippen LogP contribution in [0.1, 0.15) is 28.4 Å². The van der Waals surface area contributed by atoms with Crippen molar-refractivity contribution in [3.63, 3.8) is 0 Å². The first kappa shape index (κ1) is 14.9. The molecule has 0 aromatic heterocycles. The zero-order valence-electron chi connectivity index (χ0n) is 11.0. The van der Waals surface area contributed by atoms with Gasteiger partial charge in [-0.25, -0.2) is 0 Å². The van der Waals surface area contributed by atoms with E-state index in [1.165, 1.54) is 11.6 Å². The van der Waals surface area contributed by atoms with Gasteiger partial charge < -0.3 is 4.74 Å². The first-order valence-electron chi connectivity index (χ1n) is 6.29. The summed E-state index contributed by atoms with van der Waals surface area (Å²) in [4.78, 5) is 11.0. The molecule has 104 valence electrons. The first-order chi connectivity index (χ1) is 9.63. The molecule has 4 heteroatoms. The summed E-state index contributed by atoms with van der Waals surface area (Å²) in [6.45, 7) is 2.46. The van der Waals surface area contributed by atoms with Gasteiger partial charge >= 0.3 is 0 Å². The van der Waals surface area contributed by atoms with Gasteiger partial charge in [0.15, 0.2) is 6.29 Å². The van der Waals surface area contributed by atoms with Crippen molar-refractivity contribution >= 4 is 29.5 Å². The fraction of sp³-hybridized carbons (Fsp3) is 0.188. The molecule has 0 aliphatic rings. The van der Waals surface area contributed by atoms with E-state index in [1.807, 2.05) is 12.1 Å². The predicted molar refractivity (Wildman–Crippen MR) is 82.0 cm³/mol. The minimum Gasteiger partial charge on any atom is -0.487 e. The number of carbonyl (C=O) groups excluding carboxylic acids is 1. The third kappa shape index (κ3) is 3.53. The lowest BCUT2D eigenvalue weighted by Crippen LogP contribution is -1.99. The van der Waals surface area contributed by atoms with Crippen molar-refractivity contribution in [2.24, 2.45) is 0 Å². The minimum absolute atomic E-state index is 0.338. The van der Waals surface area contributed by atoms with Crippen LogP contribution in [0.3, 0.4) is 0 Å². The summed E-state index contributed by atoms with van der Waals surface area (Å²) in [5, 5.41) is 0.751. The molecular formula is C16H14Cl2O2. The largest absolute Gasteiger partial charge is 0.487 e. The van der Waals surface area contributed by atoms with Gasteiger partial charge in [-0.15, -0.1) is 0 Å². The molecule has 0 saturated heterocycles.